The van der Waals surface area contributed by atoms with Crippen molar-refractivity contribution >= 4 is 5.91 Å². The number of benzene rings is 1. The second-order valence-electron chi connectivity index (χ2n) is 7.20. The lowest BCUT2D eigenvalue weighted by Gasteiger charge is -2.46. The lowest BCUT2D eigenvalue weighted by atomic mass is 10.0. The van der Waals surface area contributed by atoms with Crippen molar-refractivity contribution in [3.05, 3.63) is 35.4 Å². The average Bonchev–Trinajstić information content (AvgIpc) is 2.79. The van der Waals surface area contributed by atoms with Crippen LogP contribution in [0.15, 0.2) is 24.3 Å². The molecule has 25 heavy (non-hydrogen) atoms. The van der Waals surface area contributed by atoms with Crippen LogP contribution in [0.5, 0.6) is 0 Å². The van der Waals surface area contributed by atoms with E-state index in [2.05, 4.69) is 0 Å². The molecule has 0 aliphatic carbocycles. The molecule has 0 spiro atoms. The predicted octanol–water partition coefficient (Wildman–Crippen LogP) is 1.65. The van der Waals surface area contributed by atoms with Gasteiger partial charge in [-0.2, -0.15) is 5.26 Å². The highest BCUT2D eigenvalue weighted by atomic mass is 19.3. The van der Waals surface area contributed by atoms with Crippen LogP contribution in [0.3, 0.4) is 0 Å². The molecule has 1 aromatic rings. The van der Waals surface area contributed by atoms with E-state index in [-0.39, 0.29) is 31.0 Å². The van der Waals surface area contributed by atoms with Gasteiger partial charge in [0.1, 0.15) is 0 Å². The Balaban J connectivity index is 1.60. The van der Waals surface area contributed by atoms with Crippen molar-refractivity contribution in [2.45, 2.75) is 24.4 Å². The maximum absolute atomic E-state index is 13.8. The van der Waals surface area contributed by atoms with Gasteiger partial charge in [-0.05, 0) is 38.4 Å². The molecule has 134 valence electrons. The van der Waals surface area contributed by atoms with Crippen molar-refractivity contribution in [2.75, 3.05) is 40.3 Å². The fourth-order valence-corrected chi connectivity index (χ4v) is 3.64. The zero-order valence-corrected chi connectivity index (χ0v) is 14.5. The van der Waals surface area contributed by atoms with Crippen LogP contribution in [-0.4, -0.2) is 78.9 Å². The average molecular weight is 348 g/mol. The highest BCUT2D eigenvalue weighted by Gasteiger charge is 2.50. The molecule has 0 unspecified atom stereocenters. The first-order valence-electron chi connectivity index (χ1n) is 8.37. The number of alkyl halides is 2. The van der Waals surface area contributed by atoms with Crippen LogP contribution < -0.4 is 0 Å². The minimum Gasteiger partial charge on any atom is -0.335 e. The SMILES string of the molecule is CN(C)C[C@@H]1CC(F)(F)CN1C1CN(C(=O)c2ccc(C#N)cc2)C1. The molecule has 3 rings (SSSR count). The molecule has 0 N–H and O–H groups in total. The molecule has 7 heteroatoms. The summed E-state index contributed by atoms with van der Waals surface area (Å²) in [4.78, 5) is 17.9. The predicted molar refractivity (Wildman–Crippen MR) is 89.5 cm³/mol. The number of nitrogens with zero attached hydrogens (tertiary/aromatic N) is 4. The monoisotopic (exact) mass is 348 g/mol. The zero-order valence-electron chi connectivity index (χ0n) is 14.5. The number of hydrogen-bond donors (Lipinski definition) is 0. The summed E-state index contributed by atoms with van der Waals surface area (Å²) in [6, 6.07) is 8.31. The van der Waals surface area contributed by atoms with E-state index >= 15 is 0 Å². The standard InChI is InChI=1S/C18H22F2N4O/c1-22(2)9-15-7-18(19,20)12-24(15)16-10-23(11-16)17(25)14-5-3-13(8-21)4-6-14/h3-6,15-16H,7,9-12H2,1-2H3/t15-/m0/s1. The van der Waals surface area contributed by atoms with Gasteiger partial charge in [0.2, 0.25) is 0 Å². The van der Waals surface area contributed by atoms with Crippen LogP contribution in [0, 0.1) is 11.3 Å². The van der Waals surface area contributed by atoms with Gasteiger partial charge in [0.25, 0.3) is 11.8 Å². The molecule has 2 saturated heterocycles. The summed E-state index contributed by atoms with van der Waals surface area (Å²) in [7, 11) is 3.77. The van der Waals surface area contributed by atoms with Gasteiger partial charge < -0.3 is 9.80 Å². The van der Waals surface area contributed by atoms with E-state index in [0.29, 0.717) is 30.8 Å². The molecule has 0 saturated carbocycles. The largest absolute Gasteiger partial charge is 0.335 e. The molecular formula is C18H22F2N4O. The summed E-state index contributed by atoms with van der Waals surface area (Å²) in [5, 5.41) is 8.80. The Labute approximate surface area is 146 Å². The van der Waals surface area contributed by atoms with E-state index in [1.54, 1.807) is 29.2 Å². The molecule has 0 radical (unpaired) electrons. The first-order chi connectivity index (χ1) is 11.8. The topological polar surface area (TPSA) is 50.6 Å². The van der Waals surface area contributed by atoms with E-state index in [4.69, 9.17) is 5.26 Å². The number of carbonyl (C=O) groups is 1. The third kappa shape index (κ3) is 3.80. The van der Waals surface area contributed by atoms with Gasteiger partial charge in [-0.1, -0.05) is 0 Å². The highest BCUT2D eigenvalue weighted by Crippen LogP contribution is 2.35. The minimum atomic E-state index is -2.65. The van der Waals surface area contributed by atoms with Gasteiger partial charge in [-0.15, -0.1) is 0 Å². The number of hydrogen-bond acceptors (Lipinski definition) is 4. The van der Waals surface area contributed by atoms with Crippen LogP contribution in [-0.2, 0) is 0 Å². The van der Waals surface area contributed by atoms with Crippen molar-refractivity contribution in [1.29, 1.82) is 5.26 Å². The summed E-state index contributed by atoms with van der Waals surface area (Å²) in [6.07, 6.45) is -0.120. The van der Waals surface area contributed by atoms with Gasteiger partial charge in [0.05, 0.1) is 18.2 Å². The summed E-state index contributed by atoms with van der Waals surface area (Å²) in [5.41, 5.74) is 1.03. The van der Waals surface area contributed by atoms with Crippen molar-refractivity contribution in [3.8, 4) is 6.07 Å². The summed E-state index contributed by atoms with van der Waals surface area (Å²) in [5.74, 6) is -2.77. The normalized spacial score (nSPS) is 23.5. The summed E-state index contributed by atoms with van der Waals surface area (Å²) >= 11 is 0. The number of carbonyl (C=O) groups excluding carboxylic acids is 1. The van der Waals surface area contributed by atoms with E-state index in [1.807, 2.05) is 30.0 Å². The lowest BCUT2D eigenvalue weighted by molar-refractivity contribution is -0.0114. The molecule has 1 atom stereocenters. The summed E-state index contributed by atoms with van der Waals surface area (Å²) in [6.45, 7) is 1.31. The molecule has 2 heterocycles. The van der Waals surface area contributed by atoms with Gasteiger partial charge in [0, 0.05) is 43.7 Å². The number of rotatable bonds is 4. The van der Waals surface area contributed by atoms with Crippen LogP contribution in [0.4, 0.5) is 8.78 Å². The minimum absolute atomic E-state index is 0.0133. The molecule has 5 nitrogen and oxygen atoms in total. The van der Waals surface area contributed by atoms with E-state index in [9.17, 15) is 13.6 Å². The van der Waals surface area contributed by atoms with E-state index in [0.717, 1.165) is 0 Å². The maximum atomic E-state index is 13.8. The Morgan fingerprint density at radius 1 is 1.32 bits per heavy atom. The number of nitriles is 1. The fourth-order valence-electron chi connectivity index (χ4n) is 3.64. The first-order valence-corrected chi connectivity index (χ1v) is 8.37. The van der Waals surface area contributed by atoms with Crippen molar-refractivity contribution in [3.63, 3.8) is 0 Å². The Bertz CT molecular complexity index is 677. The Kier molecular flexibility index (Phi) is 4.76. The molecule has 2 aliphatic rings. The molecule has 2 aliphatic heterocycles. The van der Waals surface area contributed by atoms with E-state index in [1.165, 1.54) is 0 Å². The van der Waals surface area contributed by atoms with Gasteiger partial charge in [0.15, 0.2) is 0 Å². The van der Waals surface area contributed by atoms with Gasteiger partial charge in [-0.3, -0.25) is 9.69 Å². The van der Waals surface area contributed by atoms with Crippen LogP contribution in [0.2, 0.25) is 0 Å². The maximum Gasteiger partial charge on any atom is 0.262 e. The third-order valence-corrected chi connectivity index (χ3v) is 4.87. The zero-order chi connectivity index (χ0) is 18.2. The smallest absolute Gasteiger partial charge is 0.262 e. The Hall–Kier alpha value is -2.04. The van der Waals surface area contributed by atoms with Crippen LogP contribution in [0.1, 0.15) is 22.3 Å². The third-order valence-electron chi connectivity index (χ3n) is 4.87. The molecule has 0 bridgehead atoms. The van der Waals surface area contributed by atoms with Gasteiger partial charge in [-0.25, -0.2) is 8.78 Å². The number of halogens is 2. The molecule has 1 amide bonds. The number of amides is 1. The van der Waals surface area contributed by atoms with E-state index < -0.39 is 5.92 Å². The molecule has 0 aromatic heterocycles. The van der Waals surface area contributed by atoms with Gasteiger partial charge >= 0.3 is 0 Å². The van der Waals surface area contributed by atoms with Crippen molar-refractivity contribution < 1.29 is 13.6 Å². The van der Waals surface area contributed by atoms with Crippen LogP contribution in [0.25, 0.3) is 0 Å². The Morgan fingerprint density at radius 2 is 1.96 bits per heavy atom. The first kappa shape index (κ1) is 17.8. The quantitative estimate of drug-likeness (QED) is 0.830. The molecule has 2 fully saturated rings. The fraction of sp³-hybridized carbons (Fsp3) is 0.556. The number of likely N-dealkylation sites (N-methyl/N-ethyl adjacent to an activating group) is 1. The van der Waals surface area contributed by atoms with Crippen molar-refractivity contribution in [1.82, 2.24) is 14.7 Å². The highest BCUT2D eigenvalue weighted by molar-refractivity contribution is 5.94. The second-order valence-corrected chi connectivity index (χ2v) is 7.20. The van der Waals surface area contributed by atoms with Crippen molar-refractivity contribution in [2.24, 2.45) is 0 Å². The summed E-state index contributed by atoms with van der Waals surface area (Å²) < 4.78 is 27.7. The molecule has 1 aromatic carbocycles. The second kappa shape index (κ2) is 6.70. The van der Waals surface area contributed by atoms with Crippen LogP contribution >= 0.6 is 0 Å². The molecular weight excluding hydrogens is 326 g/mol. The Morgan fingerprint density at radius 3 is 2.52 bits per heavy atom. The lowest BCUT2D eigenvalue weighted by Crippen LogP contribution is -2.63. The number of likely N-dealkylation sites (tertiary alicyclic amines) is 2.